The van der Waals surface area contributed by atoms with Crippen molar-refractivity contribution in [2.24, 2.45) is 0 Å². The van der Waals surface area contributed by atoms with E-state index in [4.69, 9.17) is 16.3 Å². The number of pyridine rings is 1. The molecule has 104 valence electrons. The smallest absolute Gasteiger partial charge is 0.242 e. The molecule has 2 rings (SSSR count). The fraction of sp³-hybridized carbons (Fsp3) is 0.200. The lowest BCUT2D eigenvalue weighted by atomic mass is 10.2. The van der Waals surface area contributed by atoms with Crippen molar-refractivity contribution in [3.8, 4) is 5.75 Å². The van der Waals surface area contributed by atoms with E-state index < -0.39 is 0 Å². The summed E-state index contributed by atoms with van der Waals surface area (Å²) in [5, 5.41) is 0. The number of halogens is 1. The molecule has 0 atom stereocenters. The van der Waals surface area contributed by atoms with Gasteiger partial charge in [0.25, 0.3) is 0 Å². The zero-order valence-corrected chi connectivity index (χ0v) is 11.9. The number of amides is 1. The van der Waals surface area contributed by atoms with E-state index in [-0.39, 0.29) is 11.8 Å². The third kappa shape index (κ3) is 3.48. The second-order valence-electron chi connectivity index (χ2n) is 4.14. The number of anilines is 1. The van der Waals surface area contributed by atoms with Gasteiger partial charge in [-0.1, -0.05) is 12.1 Å². The van der Waals surface area contributed by atoms with Gasteiger partial charge in [-0.2, -0.15) is 0 Å². The van der Waals surface area contributed by atoms with E-state index in [0.29, 0.717) is 12.3 Å². The fourth-order valence-corrected chi connectivity index (χ4v) is 1.97. The van der Waals surface area contributed by atoms with Crippen LogP contribution >= 0.6 is 11.6 Å². The first-order valence-electron chi connectivity index (χ1n) is 6.15. The highest BCUT2D eigenvalue weighted by atomic mass is 35.5. The Balaban J connectivity index is 2.29. The van der Waals surface area contributed by atoms with Crippen LogP contribution in [0.4, 0.5) is 5.69 Å². The Morgan fingerprint density at radius 3 is 2.80 bits per heavy atom. The summed E-state index contributed by atoms with van der Waals surface area (Å²) in [6, 6.07) is 12.9. The highest BCUT2D eigenvalue weighted by Gasteiger charge is 2.16. The zero-order valence-electron chi connectivity index (χ0n) is 11.1. The summed E-state index contributed by atoms with van der Waals surface area (Å²) in [5.74, 6) is 0.436. The van der Waals surface area contributed by atoms with Crippen molar-refractivity contribution >= 4 is 23.2 Å². The molecule has 0 radical (unpaired) electrons. The summed E-state index contributed by atoms with van der Waals surface area (Å²) in [5.41, 5.74) is 1.54. The molecule has 1 heterocycles. The van der Waals surface area contributed by atoms with E-state index in [0.717, 1.165) is 11.4 Å². The van der Waals surface area contributed by atoms with Crippen molar-refractivity contribution < 1.29 is 9.53 Å². The van der Waals surface area contributed by atoms with E-state index in [1.807, 2.05) is 36.4 Å². The number of hydrogen-bond acceptors (Lipinski definition) is 3. The molecule has 0 spiro atoms. The molecule has 4 nitrogen and oxygen atoms in total. The summed E-state index contributed by atoms with van der Waals surface area (Å²) >= 11 is 5.69. The number of ether oxygens (including phenoxy) is 1. The van der Waals surface area contributed by atoms with Crippen LogP contribution in [0.5, 0.6) is 5.75 Å². The Morgan fingerprint density at radius 2 is 2.15 bits per heavy atom. The monoisotopic (exact) mass is 290 g/mol. The number of carbonyl (C=O) groups excluding carboxylic acids is 1. The Hall–Kier alpha value is -2.07. The maximum absolute atomic E-state index is 12.0. The maximum atomic E-state index is 12.0. The number of alkyl halides is 1. The van der Waals surface area contributed by atoms with Crippen molar-refractivity contribution in [2.75, 3.05) is 17.9 Å². The molecule has 0 unspecified atom stereocenters. The van der Waals surface area contributed by atoms with Crippen LogP contribution in [-0.4, -0.2) is 23.9 Å². The van der Waals surface area contributed by atoms with Crippen molar-refractivity contribution in [2.45, 2.75) is 6.54 Å². The molecule has 0 aliphatic heterocycles. The Kier molecular flexibility index (Phi) is 4.96. The van der Waals surface area contributed by atoms with Crippen LogP contribution in [0.3, 0.4) is 0 Å². The Labute approximate surface area is 123 Å². The first-order chi connectivity index (χ1) is 9.74. The molecule has 1 amide bonds. The van der Waals surface area contributed by atoms with Crippen LogP contribution in [0, 0.1) is 0 Å². The predicted octanol–water partition coefficient (Wildman–Crippen LogP) is 2.86. The minimum Gasteiger partial charge on any atom is -0.497 e. The fourth-order valence-electron chi connectivity index (χ4n) is 1.83. The number of nitrogens with zero attached hydrogens (tertiary/aromatic N) is 2. The normalized spacial score (nSPS) is 10.1. The van der Waals surface area contributed by atoms with Gasteiger partial charge in [-0.25, -0.2) is 0 Å². The minimum atomic E-state index is -0.175. The average Bonchev–Trinajstić information content (AvgIpc) is 2.53. The van der Waals surface area contributed by atoms with Crippen LogP contribution < -0.4 is 9.64 Å². The lowest BCUT2D eigenvalue weighted by molar-refractivity contribution is -0.116. The second-order valence-corrected chi connectivity index (χ2v) is 4.40. The number of carbonyl (C=O) groups is 1. The lowest BCUT2D eigenvalue weighted by Crippen LogP contribution is -2.31. The largest absolute Gasteiger partial charge is 0.497 e. The molecular weight excluding hydrogens is 276 g/mol. The van der Waals surface area contributed by atoms with E-state index in [1.54, 1.807) is 24.3 Å². The molecule has 0 saturated carbocycles. The molecule has 1 aromatic heterocycles. The van der Waals surface area contributed by atoms with Crippen LogP contribution in [0.25, 0.3) is 0 Å². The number of rotatable bonds is 5. The quantitative estimate of drug-likeness (QED) is 0.795. The number of hydrogen-bond donors (Lipinski definition) is 0. The SMILES string of the molecule is COc1cccc(N(Cc2ccccn2)C(=O)CCl)c1. The number of benzene rings is 1. The highest BCUT2D eigenvalue weighted by Crippen LogP contribution is 2.22. The Morgan fingerprint density at radius 1 is 1.30 bits per heavy atom. The number of aromatic nitrogens is 1. The molecule has 0 aliphatic rings. The summed E-state index contributed by atoms with van der Waals surface area (Å²) in [6.07, 6.45) is 1.70. The van der Waals surface area contributed by atoms with Crippen LogP contribution in [0.1, 0.15) is 5.69 Å². The molecule has 1 aromatic carbocycles. The zero-order chi connectivity index (χ0) is 14.4. The third-order valence-corrected chi connectivity index (χ3v) is 3.06. The molecule has 2 aromatic rings. The summed E-state index contributed by atoms with van der Waals surface area (Å²) in [6.45, 7) is 0.375. The van der Waals surface area contributed by atoms with Crippen LogP contribution in [0.2, 0.25) is 0 Å². The van der Waals surface area contributed by atoms with E-state index >= 15 is 0 Å². The van der Waals surface area contributed by atoms with Gasteiger partial charge in [0, 0.05) is 18.0 Å². The predicted molar refractivity (Wildman–Crippen MR) is 79.1 cm³/mol. The number of methoxy groups -OCH3 is 1. The van der Waals surface area contributed by atoms with Gasteiger partial charge < -0.3 is 9.64 Å². The standard InChI is InChI=1S/C15H15ClN2O2/c1-20-14-7-4-6-13(9-14)18(15(19)10-16)11-12-5-2-3-8-17-12/h2-9H,10-11H2,1H3. The van der Waals surface area contributed by atoms with Crippen molar-refractivity contribution in [3.63, 3.8) is 0 Å². The van der Waals surface area contributed by atoms with E-state index in [1.165, 1.54) is 0 Å². The molecule has 5 heteroatoms. The highest BCUT2D eigenvalue weighted by molar-refractivity contribution is 6.29. The summed E-state index contributed by atoms with van der Waals surface area (Å²) < 4.78 is 5.18. The van der Waals surface area contributed by atoms with Crippen molar-refractivity contribution in [1.29, 1.82) is 0 Å². The summed E-state index contributed by atoms with van der Waals surface area (Å²) in [4.78, 5) is 17.9. The topological polar surface area (TPSA) is 42.4 Å². The van der Waals surface area contributed by atoms with Gasteiger partial charge in [-0.3, -0.25) is 9.78 Å². The van der Waals surface area contributed by atoms with Gasteiger partial charge in [-0.05, 0) is 24.3 Å². The summed E-state index contributed by atoms with van der Waals surface area (Å²) in [7, 11) is 1.59. The molecule has 0 N–H and O–H groups in total. The van der Waals surface area contributed by atoms with Crippen molar-refractivity contribution in [3.05, 3.63) is 54.4 Å². The maximum Gasteiger partial charge on any atom is 0.242 e. The van der Waals surface area contributed by atoms with Gasteiger partial charge in [0.05, 0.1) is 19.3 Å². The van der Waals surface area contributed by atoms with Gasteiger partial charge in [0.15, 0.2) is 0 Å². The van der Waals surface area contributed by atoms with Gasteiger partial charge in [0.2, 0.25) is 5.91 Å². The second kappa shape index (κ2) is 6.91. The molecule has 0 saturated heterocycles. The first kappa shape index (κ1) is 14.3. The molecular formula is C15H15ClN2O2. The van der Waals surface area contributed by atoms with Gasteiger partial charge in [-0.15, -0.1) is 11.6 Å². The first-order valence-corrected chi connectivity index (χ1v) is 6.68. The van der Waals surface area contributed by atoms with Crippen LogP contribution in [-0.2, 0) is 11.3 Å². The van der Waals surface area contributed by atoms with E-state index in [2.05, 4.69) is 4.98 Å². The molecule has 0 bridgehead atoms. The van der Waals surface area contributed by atoms with Gasteiger partial charge in [0.1, 0.15) is 11.6 Å². The molecule has 20 heavy (non-hydrogen) atoms. The molecule has 0 fully saturated rings. The van der Waals surface area contributed by atoms with E-state index in [9.17, 15) is 4.79 Å². The van der Waals surface area contributed by atoms with Crippen LogP contribution in [0.15, 0.2) is 48.7 Å². The Bertz CT molecular complexity index is 575. The average molecular weight is 291 g/mol. The lowest BCUT2D eigenvalue weighted by Gasteiger charge is -2.22. The van der Waals surface area contributed by atoms with Crippen molar-refractivity contribution in [1.82, 2.24) is 4.98 Å². The third-order valence-electron chi connectivity index (χ3n) is 2.83. The molecule has 0 aliphatic carbocycles. The minimum absolute atomic E-state index is 0.0793. The van der Waals surface area contributed by atoms with Gasteiger partial charge >= 0.3 is 0 Å².